The highest BCUT2D eigenvalue weighted by atomic mass is 32.2. The third kappa shape index (κ3) is 3.80. The van der Waals surface area contributed by atoms with E-state index in [1.165, 1.54) is 0 Å². The fourth-order valence-electron chi connectivity index (χ4n) is 1.71. The highest BCUT2D eigenvalue weighted by molar-refractivity contribution is 8.22. The molecule has 0 radical (unpaired) electrons. The predicted molar refractivity (Wildman–Crippen MR) is 86.5 cm³/mol. The summed E-state index contributed by atoms with van der Waals surface area (Å²) in [5.41, 5.74) is 0.933. The van der Waals surface area contributed by atoms with Crippen molar-refractivity contribution < 1.29 is 4.42 Å². The highest BCUT2D eigenvalue weighted by Gasteiger charge is 2.11. The molecule has 1 aromatic carbocycles. The van der Waals surface area contributed by atoms with Gasteiger partial charge in [-0.2, -0.15) is 0 Å². The highest BCUT2D eigenvalue weighted by Crippen LogP contribution is 2.20. The second kappa shape index (κ2) is 7.40. The summed E-state index contributed by atoms with van der Waals surface area (Å²) in [6.45, 7) is 6.02. The van der Waals surface area contributed by atoms with E-state index < -0.39 is 0 Å². The zero-order valence-electron chi connectivity index (χ0n) is 11.6. The normalized spacial score (nSPS) is 10.5. The minimum Gasteiger partial charge on any atom is -0.420 e. The Labute approximate surface area is 128 Å². The second-order valence-electron chi connectivity index (χ2n) is 4.09. The number of nitrogens with zero attached hydrogens (tertiary/aromatic N) is 3. The Morgan fingerprint density at radius 2 is 1.90 bits per heavy atom. The van der Waals surface area contributed by atoms with E-state index in [1.54, 1.807) is 11.8 Å². The van der Waals surface area contributed by atoms with Crippen molar-refractivity contribution in [3.8, 4) is 11.5 Å². The van der Waals surface area contributed by atoms with E-state index in [2.05, 4.69) is 28.9 Å². The van der Waals surface area contributed by atoms with Crippen molar-refractivity contribution in [1.29, 1.82) is 0 Å². The zero-order valence-corrected chi connectivity index (χ0v) is 13.2. The number of rotatable bonds is 5. The SMILES string of the molecule is CCN(CC)C(=S)SCc1nnc(-c2ccccc2)o1. The Morgan fingerprint density at radius 3 is 2.55 bits per heavy atom. The molecule has 0 aliphatic carbocycles. The standard InChI is InChI=1S/C14H17N3OS2/c1-3-17(4-2)14(19)20-10-12-15-16-13(18-12)11-8-6-5-7-9-11/h5-9H,3-4,10H2,1-2H3. The lowest BCUT2D eigenvalue weighted by atomic mass is 10.2. The average molecular weight is 307 g/mol. The fourth-order valence-corrected chi connectivity index (χ4v) is 2.95. The van der Waals surface area contributed by atoms with Gasteiger partial charge in [0.1, 0.15) is 4.32 Å². The van der Waals surface area contributed by atoms with Crippen LogP contribution >= 0.6 is 24.0 Å². The van der Waals surface area contributed by atoms with Gasteiger partial charge < -0.3 is 9.32 Å². The topological polar surface area (TPSA) is 42.2 Å². The van der Waals surface area contributed by atoms with Gasteiger partial charge in [0.2, 0.25) is 11.8 Å². The fraction of sp³-hybridized carbons (Fsp3) is 0.357. The molecular weight excluding hydrogens is 290 g/mol. The van der Waals surface area contributed by atoms with Crippen LogP contribution in [0.5, 0.6) is 0 Å². The van der Waals surface area contributed by atoms with E-state index in [4.69, 9.17) is 16.6 Å². The van der Waals surface area contributed by atoms with Crippen molar-refractivity contribution in [1.82, 2.24) is 15.1 Å². The van der Waals surface area contributed by atoms with Crippen LogP contribution in [0.15, 0.2) is 34.7 Å². The van der Waals surface area contributed by atoms with Crippen LogP contribution in [0.2, 0.25) is 0 Å². The summed E-state index contributed by atoms with van der Waals surface area (Å²) in [5, 5.41) is 8.12. The molecule has 0 fully saturated rings. The third-order valence-electron chi connectivity index (χ3n) is 2.83. The quantitative estimate of drug-likeness (QED) is 0.786. The maximum atomic E-state index is 5.65. The van der Waals surface area contributed by atoms with Crippen molar-refractivity contribution in [2.24, 2.45) is 0 Å². The molecule has 1 aromatic heterocycles. The molecule has 0 aliphatic rings. The van der Waals surface area contributed by atoms with Gasteiger partial charge in [0.05, 0.1) is 5.75 Å². The molecule has 4 nitrogen and oxygen atoms in total. The summed E-state index contributed by atoms with van der Waals surface area (Å²) >= 11 is 6.93. The molecule has 2 rings (SSSR count). The van der Waals surface area contributed by atoms with Crippen LogP contribution in [0, 0.1) is 0 Å². The van der Waals surface area contributed by atoms with Gasteiger partial charge in [0, 0.05) is 18.7 Å². The van der Waals surface area contributed by atoms with E-state index in [-0.39, 0.29) is 0 Å². The van der Waals surface area contributed by atoms with Crippen LogP contribution in [0.4, 0.5) is 0 Å². The van der Waals surface area contributed by atoms with E-state index >= 15 is 0 Å². The van der Waals surface area contributed by atoms with E-state index in [1.807, 2.05) is 30.3 Å². The number of thioether (sulfide) groups is 1. The molecule has 0 atom stereocenters. The molecule has 0 aliphatic heterocycles. The molecule has 0 unspecified atom stereocenters. The first-order valence-electron chi connectivity index (χ1n) is 6.54. The first-order valence-corrected chi connectivity index (χ1v) is 7.93. The lowest BCUT2D eigenvalue weighted by Crippen LogP contribution is -2.26. The van der Waals surface area contributed by atoms with Crippen molar-refractivity contribution >= 4 is 28.3 Å². The lowest BCUT2D eigenvalue weighted by molar-refractivity contribution is 0.482. The Bertz CT molecular complexity index is 553. The van der Waals surface area contributed by atoms with E-state index in [9.17, 15) is 0 Å². The first-order chi connectivity index (χ1) is 9.74. The molecule has 0 spiro atoms. The molecule has 6 heteroatoms. The van der Waals surface area contributed by atoms with Crippen LogP contribution in [-0.4, -0.2) is 32.5 Å². The molecule has 1 heterocycles. The number of thiocarbonyl (C=S) groups is 1. The van der Waals surface area contributed by atoms with Gasteiger partial charge in [-0.05, 0) is 26.0 Å². The number of aromatic nitrogens is 2. The smallest absolute Gasteiger partial charge is 0.247 e. The maximum Gasteiger partial charge on any atom is 0.247 e. The molecule has 0 amide bonds. The maximum absolute atomic E-state index is 5.65. The molecule has 0 N–H and O–H groups in total. The van der Waals surface area contributed by atoms with Crippen LogP contribution < -0.4 is 0 Å². The Morgan fingerprint density at radius 1 is 1.20 bits per heavy atom. The minimum absolute atomic E-state index is 0.551. The number of hydrogen-bond donors (Lipinski definition) is 0. The summed E-state index contributed by atoms with van der Waals surface area (Å²) in [5.74, 6) is 1.76. The summed E-state index contributed by atoms with van der Waals surface area (Å²) in [6, 6.07) is 9.75. The minimum atomic E-state index is 0.551. The Hall–Kier alpha value is -1.40. The lowest BCUT2D eigenvalue weighted by Gasteiger charge is -2.20. The molecule has 0 saturated heterocycles. The van der Waals surface area contributed by atoms with Crippen molar-refractivity contribution in [3.05, 3.63) is 36.2 Å². The van der Waals surface area contributed by atoms with E-state index in [0.29, 0.717) is 17.5 Å². The van der Waals surface area contributed by atoms with Gasteiger partial charge in [-0.3, -0.25) is 0 Å². The third-order valence-corrected chi connectivity index (χ3v) is 4.34. The number of hydrogen-bond acceptors (Lipinski definition) is 5. The zero-order chi connectivity index (χ0) is 14.4. The van der Waals surface area contributed by atoms with Crippen LogP contribution in [0.3, 0.4) is 0 Å². The number of benzene rings is 1. The van der Waals surface area contributed by atoms with Crippen LogP contribution in [-0.2, 0) is 5.75 Å². The van der Waals surface area contributed by atoms with Gasteiger partial charge in [0.15, 0.2) is 0 Å². The second-order valence-corrected chi connectivity index (χ2v) is 5.70. The van der Waals surface area contributed by atoms with Crippen molar-refractivity contribution in [2.45, 2.75) is 19.6 Å². The van der Waals surface area contributed by atoms with Crippen LogP contribution in [0.1, 0.15) is 19.7 Å². The molecule has 20 heavy (non-hydrogen) atoms. The van der Waals surface area contributed by atoms with Gasteiger partial charge >= 0.3 is 0 Å². The largest absolute Gasteiger partial charge is 0.420 e. The summed E-state index contributed by atoms with van der Waals surface area (Å²) in [4.78, 5) is 2.13. The first kappa shape index (κ1) is 15.0. The average Bonchev–Trinajstić information content (AvgIpc) is 2.96. The molecule has 106 valence electrons. The summed E-state index contributed by atoms with van der Waals surface area (Å²) in [6.07, 6.45) is 0. The Kier molecular flexibility index (Phi) is 5.55. The molecular formula is C14H17N3OS2. The van der Waals surface area contributed by atoms with Gasteiger partial charge in [-0.15, -0.1) is 10.2 Å². The van der Waals surface area contributed by atoms with Crippen molar-refractivity contribution in [2.75, 3.05) is 13.1 Å². The predicted octanol–water partition coefficient (Wildman–Crippen LogP) is 3.60. The molecule has 2 aromatic rings. The van der Waals surface area contributed by atoms with Gasteiger partial charge in [-0.1, -0.05) is 42.2 Å². The van der Waals surface area contributed by atoms with Gasteiger partial charge in [0.25, 0.3) is 0 Å². The summed E-state index contributed by atoms with van der Waals surface area (Å²) in [7, 11) is 0. The van der Waals surface area contributed by atoms with Gasteiger partial charge in [-0.25, -0.2) is 0 Å². The van der Waals surface area contributed by atoms with Crippen LogP contribution in [0.25, 0.3) is 11.5 Å². The monoisotopic (exact) mass is 307 g/mol. The molecule has 0 bridgehead atoms. The Balaban J connectivity index is 1.95. The molecule has 0 saturated carbocycles. The summed E-state index contributed by atoms with van der Waals surface area (Å²) < 4.78 is 6.52. The van der Waals surface area contributed by atoms with Crippen molar-refractivity contribution in [3.63, 3.8) is 0 Å². The van der Waals surface area contributed by atoms with E-state index in [0.717, 1.165) is 23.0 Å².